The lowest BCUT2D eigenvalue weighted by molar-refractivity contribution is -0.174. The van der Waals surface area contributed by atoms with Crippen molar-refractivity contribution in [2.24, 2.45) is 11.8 Å². The molecule has 1 aliphatic heterocycles. The maximum absolute atomic E-state index is 12.3. The Morgan fingerprint density at radius 3 is 2.58 bits per heavy atom. The first-order valence-electron chi connectivity index (χ1n) is 8.28. The summed E-state index contributed by atoms with van der Waals surface area (Å²) in [6.07, 6.45) is 0.892. The van der Waals surface area contributed by atoms with Crippen molar-refractivity contribution >= 4 is 11.9 Å². The van der Waals surface area contributed by atoms with E-state index in [-0.39, 0.29) is 36.9 Å². The first kappa shape index (κ1) is 18.4. The number of likely N-dealkylation sites (tertiary alicyclic amines) is 1. The van der Waals surface area contributed by atoms with Crippen molar-refractivity contribution in [1.29, 1.82) is 0 Å². The molecule has 1 aromatic carbocycles. The first-order chi connectivity index (χ1) is 11.5. The van der Waals surface area contributed by atoms with Crippen LogP contribution in [0.1, 0.15) is 18.9 Å². The van der Waals surface area contributed by atoms with Gasteiger partial charge in [-0.2, -0.15) is 0 Å². The molecule has 1 aliphatic rings. The minimum atomic E-state index is -0.262. The van der Waals surface area contributed by atoms with E-state index in [2.05, 4.69) is 6.92 Å². The van der Waals surface area contributed by atoms with E-state index >= 15 is 0 Å². The Bertz CT molecular complexity index is 549. The molecule has 2 atom stereocenters. The van der Waals surface area contributed by atoms with Gasteiger partial charge in [0.1, 0.15) is 6.61 Å². The van der Waals surface area contributed by atoms with Crippen molar-refractivity contribution in [3.05, 3.63) is 35.9 Å². The molecule has 0 saturated carbocycles. The number of hydrogen-bond acceptors (Lipinski definition) is 5. The van der Waals surface area contributed by atoms with E-state index in [0.29, 0.717) is 6.54 Å². The molecule has 2 unspecified atom stereocenters. The van der Waals surface area contributed by atoms with Gasteiger partial charge in [0.25, 0.3) is 5.91 Å². The minimum absolute atomic E-state index is 0.0375. The lowest BCUT2D eigenvalue weighted by Crippen LogP contribution is -2.36. The highest BCUT2D eigenvalue weighted by Gasteiger charge is 2.38. The number of nitrogens with zero attached hydrogens (tertiary/aromatic N) is 2. The van der Waals surface area contributed by atoms with E-state index in [1.165, 1.54) is 12.2 Å². The number of hydroxylamine groups is 2. The van der Waals surface area contributed by atoms with E-state index in [9.17, 15) is 9.59 Å². The Hall–Kier alpha value is -1.92. The summed E-state index contributed by atoms with van der Waals surface area (Å²) >= 11 is 0. The Labute approximate surface area is 143 Å². The summed E-state index contributed by atoms with van der Waals surface area (Å²) in [5.41, 5.74) is 0.966. The molecule has 0 aromatic heterocycles. The second-order valence-corrected chi connectivity index (χ2v) is 6.13. The molecule has 6 heteroatoms. The van der Waals surface area contributed by atoms with Crippen molar-refractivity contribution in [3.63, 3.8) is 0 Å². The van der Waals surface area contributed by atoms with Gasteiger partial charge in [0.05, 0.1) is 19.6 Å². The molecule has 0 N–H and O–H groups in total. The predicted molar refractivity (Wildman–Crippen MR) is 89.7 cm³/mol. The van der Waals surface area contributed by atoms with Crippen LogP contribution in [0.2, 0.25) is 0 Å². The van der Waals surface area contributed by atoms with E-state index in [1.807, 2.05) is 35.2 Å². The molecule has 0 aliphatic carbocycles. The molecule has 1 heterocycles. The van der Waals surface area contributed by atoms with Crippen LogP contribution in [0.4, 0.5) is 0 Å². The van der Waals surface area contributed by atoms with Crippen molar-refractivity contribution in [2.75, 3.05) is 33.8 Å². The predicted octanol–water partition coefficient (Wildman–Crippen LogP) is 1.71. The highest BCUT2D eigenvalue weighted by molar-refractivity contribution is 5.79. The summed E-state index contributed by atoms with van der Waals surface area (Å²) < 4.78 is 5.32. The third-order valence-corrected chi connectivity index (χ3v) is 4.54. The second-order valence-electron chi connectivity index (χ2n) is 6.13. The molecule has 6 nitrogen and oxygen atoms in total. The number of esters is 1. The van der Waals surface area contributed by atoms with E-state index in [1.54, 1.807) is 7.05 Å². The van der Waals surface area contributed by atoms with Crippen LogP contribution in [0.3, 0.4) is 0 Å². The molecule has 0 radical (unpaired) electrons. The number of rotatable bonds is 7. The molecule has 1 amide bonds. The number of hydrogen-bond donors (Lipinski definition) is 0. The zero-order valence-corrected chi connectivity index (χ0v) is 14.6. The topological polar surface area (TPSA) is 59.1 Å². The van der Waals surface area contributed by atoms with Crippen molar-refractivity contribution in [3.8, 4) is 0 Å². The minimum Gasteiger partial charge on any atom is -0.460 e. The Morgan fingerprint density at radius 1 is 1.25 bits per heavy atom. The van der Waals surface area contributed by atoms with Gasteiger partial charge >= 0.3 is 5.97 Å². The van der Waals surface area contributed by atoms with Crippen LogP contribution in [-0.4, -0.2) is 55.6 Å². The quantitative estimate of drug-likeness (QED) is 0.561. The van der Waals surface area contributed by atoms with Gasteiger partial charge in [-0.3, -0.25) is 19.3 Å². The average molecular weight is 334 g/mol. The lowest BCUT2D eigenvalue weighted by Gasteiger charge is -2.21. The maximum Gasteiger partial charge on any atom is 0.320 e. The Balaban J connectivity index is 1.84. The van der Waals surface area contributed by atoms with E-state index in [0.717, 1.165) is 18.5 Å². The van der Waals surface area contributed by atoms with Crippen LogP contribution in [0, 0.1) is 11.8 Å². The number of carbonyl (C=O) groups is 2. The van der Waals surface area contributed by atoms with Gasteiger partial charge in [-0.05, 0) is 11.5 Å². The molecule has 0 spiro atoms. The fraction of sp³-hybridized carbons (Fsp3) is 0.556. The van der Waals surface area contributed by atoms with Crippen LogP contribution in [-0.2, 0) is 25.8 Å². The van der Waals surface area contributed by atoms with Crippen LogP contribution < -0.4 is 0 Å². The molecule has 0 bridgehead atoms. The summed E-state index contributed by atoms with van der Waals surface area (Å²) in [5, 5.41) is 1.27. The highest BCUT2D eigenvalue weighted by atomic mass is 16.7. The van der Waals surface area contributed by atoms with Crippen LogP contribution in [0.25, 0.3) is 0 Å². The molecule has 1 fully saturated rings. The molecule has 2 rings (SSSR count). The fourth-order valence-corrected chi connectivity index (χ4v) is 3.07. The monoisotopic (exact) mass is 334 g/mol. The summed E-state index contributed by atoms with van der Waals surface area (Å²) in [4.78, 5) is 31.4. The molecule has 1 saturated heterocycles. The molecular formula is C18H26N2O4. The van der Waals surface area contributed by atoms with Gasteiger partial charge in [0.15, 0.2) is 0 Å². The summed E-state index contributed by atoms with van der Waals surface area (Å²) in [5.74, 6) is -0.203. The van der Waals surface area contributed by atoms with Crippen LogP contribution in [0.15, 0.2) is 30.3 Å². The number of amides is 1. The summed E-state index contributed by atoms with van der Waals surface area (Å²) in [7, 11) is 3.10. The zero-order chi connectivity index (χ0) is 17.5. The molecule has 132 valence electrons. The highest BCUT2D eigenvalue weighted by Crippen LogP contribution is 2.27. The van der Waals surface area contributed by atoms with Gasteiger partial charge in [0.2, 0.25) is 0 Å². The summed E-state index contributed by atoms with van der Waals surface area (Å²) in [6.45, 7) is 3.84. The first-order valence-corrected chi connectivity index (χ1v) is 8.28. The van der Waals surface area contributed by atoms with Gasteiger partial charge in [-0.15, -0.1) is 0 Å². The number of ether oxygens (including phenoxy) is 1. The van der Waals surface area contributed by atoms with Gasteiger partial charge in [-0.1, -0.05) is 43.7 Å². The zero-order valence-electron chi connectivity index (χ0n) is 14.6. The smallest absolute Gasteiger partial charge is 0.320 e. The van der Waals surface area contributed by atoms with Gasteiger partial charge < -0.3 is 4.74 Å². The molecular weight excluding hydrogens is 308 g/mol. The normalized spacial score (nSPS) is 20.8. The summed E-state index contributed by atoms with van der Waals surface area (Å²) in [6, 6.07) is 9.60. The van der Waals surface area contributed by atoms with Crippen LogP contribution in [0.5, 0.6) is 0 Å². The fourth-order valence-electron chi connectivity index (χ4n) is 3.07. The van der Waals surface area contributed by atoms with E-state index < -0.39 is 0 Å². The van der Waals surface area contributed by atoms with Crippen molar-refractivity contribution < 1.29 is 19.2 Å². The maximum atomic E-state index is 12.3. The van der Waals surface area contributed by atoms with Gasteiger partial charge in [-0.25, -0.2) is 5.06 Å². The lowest BCUT2D eigenvalue weighted by atomic mass is 9.93. The number of benzene rings is 1. The second kappa shape index (κ2) is 8.80. The third-order valence-electron chi connectivity index (χ3n) is 4.54. The average Bonchev–Trinajstić information content (AvgIpc) is 3.02. The Morgan fingerprint density at radius 2 is 1.96 bits per heavy atom. The standard InChI is InChI=1S/C18H26N2O4/c1-4-15-10-20(11-16(15)18(22)19(2)23-3)12-17(21)24-13-14-8-6-5-7-9-14/h5-9,15-16H,4,10-13H2,1-3H3. The van der Waals surface area contributed by atoms with Crippen LogP contribution >= 0.6 is 0 Å². The third kappa shape index (κ3) is 4.79. The van der Waals surface area contributed by atoms with Crippen molar-refractivity contribution in [1.82, 2.24) is 9.96 Å². The van der Waals surface area contributed by atoms with E-state index in [4.69, 9.17) is 9.57 Å². The molecule has 1 aromatic rings. The SMILES string of the molecule is CCC1CN(CC(=O)OCc2ccccc2)CC1C(=O)N(C)OC. The van der Waals surface area contributed by atoms with Gasteiger partial charge in [0, 0.05) is 20.1 Å². The number of carbonyl (C=O) groups excluding carboxylic acids is 2. The Kier molecular flexibility index (Phi) is 6.75. The molecule has 24 heavy (non-hydrogen) atoms. The largest absolute Gasteiger partial charge is 0.460 e. The van der Waals surface area contributed by atoms with Crippen molar-refractivity contribution in [2.45, 2.75) is 20.0 Å².